The van der Waals surface area contributed by atoms with Gasteiger partial charge in [0.15, 0.2) is 18.1 Å². The molecule has 1 saturated heterocycles. The van der Waals surface area contributed by atoms with Crippen LogP contribution in [0.3, 0.4) is 0 Å². The molecular formula is C22H23ClN2O7S. The van der Waals surface area contributed by atoms with Crippen molar-refractivity contribution in [2.24, 2.45) is 5.92 Å². The SMILES string of the molecule is C[C@@H]1CCCN(S(=O)(=O)c2cc(C(=O)OCC(=O)Nc3ccc4c(c3)OCO4)ccc2Cl)C1. The van der Waals surface area contributed by atoms with Crippen LogP contribution in [-0.4, -0.2) is 51.1 Å². The summed E-state index contributed by atoms with van der Waals surface area (Å²) < 4.78 is 43.1. The molecule has 0 spiro atoms. The lowest BCUT2D eigenvalue weighted by atomic mass is 10.0. The Kier molecular flexibility index (Phi) is 6.78. The van der Waals surface area contributed by atoms with Gasteiger partial charge < -0.3 is 19.5 Å². The van der Waals surface area contributed by atoms with Crippen molar-refractivity contribution < 1.29 is 32.2 Å². The van der Waals surface area contributed by atoms with Gasteiger partial charge in [-0.15, -0.1) is 0 Å². The lowest BCUT2D eigenvalue weighted by Crippen LogP contribution is -2.39. The van der Waals surface area contributed by atoms with Gasteiger partial charge in [-0.3, -0.25) is 4.79 Å². The summed E-state index contributed by atoms with van der Waals surface area (Å²) in [5.74, 6) is -0.0826. The van der Waals surface area contributed by atoms with E-state index in [1.807, 2.05) is 6.92 Å². The van der Waals surface area contributed by atoms with Crippen LogP contribution in [-0.2, 0) is 19.6 Å². The van der Waals surface area contributed by atoms with Gasteiger partial charge in [-0.05, 0) is 49.1 Å². The van der Waals surface area contributed by atoms with Crippen LogP contribution in [0.1, 0.15) is 30.1 Å². The van der Waals surface area contributed by atoms with Crippen molar-refractivity contribution >= 4 is 39.2 Å². The molecule has 1 atom stereocenters. The van der Waals surface area contributed by atoms with Crippen LogP contribution in [0, 0.1) is 5.92 Å². The minimum Gasteiger partial charge on any atom is -0.454 e. The van der Waals surface area contributed by atoms with E-state index < -0.39 is 28.5 Å². The predicted molar refractivity (Wildman–Crippen MR) is 120 cm³/mol. The number of amides is 1. The molecule has 2 heterocycles. The molecule has 176 valence electrons. The molecule has 0 radical (unpaired) electrons. The fraction of sp³-hybridized carbons (Fsp3) is 0.364. The third kappa shape index (κ3) is 5.23. The Labute approximate surface area is 196 Å². The second-order valence-corrected chi connectivity index (χ2v) is 10.3. The number of nitrogens with one attached hydrogen (secondary N) is 1. The fourth-order valence-electron chi connectivity index (χ4n) is 3.72. The van der Waals surface area contributed by atoms with E-state index in [9.17, 15) is 18.0 Å². The van der Waals surface area contributed by atoms with Crippen LogP contribution in [0.25, 0.3) is 0 Å². The summed E-state index contributed by atoms with van der Waals surface area (Å²) in [5.41, 5.74) is 0.440. The molecule has 0 aromatic heterocycles. The molecule has 33 heavy (non-hydrogen) atoms. The van der Waals surface area contributed by atoms with Crippen LogP contribution in [0.2, 0.25) is 5.02 Å². The number of anilines is 1. The minimum absolute atomic E-state index is 0.0149. The summed E-state index contributed by atoms with van der Waals surface area (Å²) in [4.78, 5) is 24.5. The van der Waals surface area contributed by atoms with Crippen molar-refractivity contribution in [3.63, 3.8) is 0 Å². The van der Waals surface area contributed by atoms with Gasteiger partial charge in [0.2, 0.25) is 16.8 Å². The van der Waals surface area contributed by atoms with Gasteiger partial charge in [-0.25, -0.2) is 13.2 Å². The molecule has 4 rings (SSSR count). The van der Waals surface area contributed by atoms with E-state index in [0.717, 1.165) is 12.8 Å². The first-order valence-corrected chi connectivity index (χ1v) is 12.2. The molecule has 0 bridgehead atoms. The standard InChI is InChI=1S/C22H23ClN2O7S/c1-14-3-2-8-25(11-14)33(28,29)20-9-15(4-6-17(20)23)22(27)30-12-21(26)24-16-5-7-18-19(10-16)32-13-31-18/h4-7,9-10,14H,2-3,8,11-13H2,1H3,(H,24,26)/t14-/m1/s1. The van der Waals surface area contributed by atoms with Crippen molar-refractivity contribution in [3.8, 4) is 11.5 Å². The van der Waals surface area contributed by atoms with Crippen molar-refractivity contribution in [3.05, 3.63) is 47.0 Å². The smallest absolute Gasteiger partial charge is 0.338 e. The van der Waals surface area contributed by atoms with E-state index >= 15 is 0 Å². The number of carbonyl (C=O) groups is 2. The fourth-order valence-corrected chi connectivity index (χ4v) is 5.82. The topological polar surface area (TPSA) is 111 Å². The number of ether oxygens (including phenoxy) is 3. The number of fused-ring (bicyclic) bond motifs is 1. The first-order valence-electron chi connectivity index (χ1n) is 10.4. The van der Waals surface area contributed by atoms with Crippen LogP contribution in [0.5, 0.6) is 11.5 Å². The summed E-state index contributed by atoms with van der Waals surface area (Å²) in [7, 11) is -3.87. The van der Waals surface area contributed by atoms with E-state index in [1.54, 1.807) is 18.2 Å². The van der Waals surface area contributed by atoms with E-state index in [0.29, 0.717) is 30.3 Å². The number of piperidine rings is 1. The number of esters is 1. The maximum atomic E-state index is 13.1. The van der Waals surface area contributed by atoms with Crippen molar-refractivity contribution in [1.29, 1.82) is 0 Å². The molecule has 9 nitrogen and oxygen atoms in total. The molecule has 2 aromatic carbocycles. The van der Waals surface area contributed by atoms with Crippen molar-refractivity contribution in [2.45, 2.75) is 24.7 Å². The highest BCUT2D eigenvalue weighted by atomic mass is 35.5. The summed E-state index contributed by atoms with van der Waals surface area (Å²) in [6.07, 6.45) is 1.72. The van der Waals surface area contributed by atoms with Crippen molar-refractivity contribution in [1.82, 2.24) is 4.31 Å². The van der Waals surface area contributed by atoms with Crippen LogP contribution >= 0.6 is 11.6 Å². The van der Waals surface area contributed by atoms with Gasteiger partial charge in [0.05, 0.1) is 10.6 Å². The van der Waals surface area contributed by atoms with Gasteiger partial charge >= 0.3 is 5.97 Å². The molecule has 0 unspecified atom stereocenters. The summed E-state index contributed by atoms with van der Waals surface area (Å²) in [6.45, 7) is 2.35. The number of hydrogen-bond acceptors (Lipinski definition) is 7. The first kappa shape index (κ1) is 23.3. The Balaban J connectivity index is 1.40. The van der Waals surface area contributed by atoms with Crippen LogP contribution < -0.4 is 14.8 Å². The van der Waals surface area contributed by atoms with Gasteiger partial charge in [-0.1, -0.05) is 18.5 Å². The highest BCUT2D eigenvalue weighted by Crippen LogP contribution is 2.34. The van der Waals surface area contributed by atoms with Gasteiger partial charge in [-0.2, -0.15) is 4.31 Å². The molecule has 1 fully saturated rings. The van der Waals surface area contributed by atoms with Gasteiger partial charge in [0, 0.05) is 24.8 Å². The van der Waals surface area contributed by atoms with Crippen molar-refractivity contribution in [2.75, 3.05) is 31.8 Å². The summed E-state index contributed by atoms with van der Waals surface area (Å²) in [6, 6.07) is 8.77. The monoisotopic (exact) mass is 494 g/mol. The predicted octanol–water partition coefficient (Wildman–Crippen LogP) is 3.28. The lowest BCUT2D eigenvalue weighted by Gasteiger charge is -2.30. The second-order valence-electron chi connectivity index (χ2n) is 7.95. The molecule has 2 aliphatic heterocycles. The average Bonchev–Trinajstić information content (AvgIpc) is 3.25. The zero-order valence-electron chi connectivity index (χ0n) is 17.9. The van der Waals surface area contributed by atoms with Crippen LogP contribution in [0.4, 0.5) is 5.69 Å². The largest absolute Gasteiger partial charge is 0.454 e. The molecule has 2 aliphatic rings. The van der Waals surface area contributed by atoms with E-state index in [-0.39, 0.29) is 28.2 Å². The molecule has 2 aromatic rings. The third-order valence-corrected chi connectivity index (χ3v) is 7.74. The molecular weight excluding hydrogens is 472 g/mol. The Morgan fingerprint density at radius 1 is 1.18 bits per heavy atom. The first-order chi connectivity index (χ1) is 15.7. The Morgan fingerprint density at radius 2 is 1.97 bits per heavy atom. The molecule has 0 saturated carbocycles. The number of nitrogens with zero attached hydrogens (tertiary/aromatic N) is 1. The lowest BCUT2D eigenvalue weighted by molar-refractivity contribution is -0.119. The van der Waals surface area contributed by atoms with Crippen LogP contribution in [0.15, 0.2) is 41.3 Å². The zero-order valence-corrected chi connectivity index (χ0v) is 19.4. The molecule has 1 amide bonds. The number of carbonyl (C=O) groups excluding carboxylic acids is 2. The normalized spacial score (nSPS) is 18.1. The summed E-state index contributed by atoms with van der Waals surface area (Å²) in [5, 5.41) is 2.61. The van der Waals surface area contributed by atoms with E-state index in [2.05, 4.69) is 5.32 Å². The maximum absolute atomic E-state index is 13.1. The second kappa shape index (κ2) is 9.58. The van der Waals surface area contributed by atoms with E-state index in [4.69, 9.17) is 25.8 Å². The van der Waals surface area contributed by atoms with Gasteiger partial charge in [0.25, 0.3) is 5.91 Å². The zero-order chi connectivity index (χ0) is 23.6. The minimum atomic E-state index is -3.87. The Morgan fingerprint density at radius 3 is 2.76 bits per heavy atom. The average molecular weight is 495 g/mol. The highest BCUT2D eigenvalue weighted by Gasteiger charge is 2.31. The summed E-state index contributed by atoms with van der Waals surface area (Å²) >= 11 is 6.16. The quantitative estimate of drug-likeness (QED) is 0.613. The highest BCUT2D eigenvalue weighted by molar-refractivity contribution is 7.89. The maximum Gasteiger partial charge on any atom is 0.338 e. The molecule has 11 heteroatoms. The molecule has 1 N–H and O–H groups in total. The molecule has 0 aliphatic carbocycles. The Hall–Kier alpha value is -2.82. The number of rotatable bonds is 6. The van der Waals surface area contributed by atoms with Gasteiger partial charge in [0.1, 0.15) is 4.90 Å². The van der Waals surface area contributed by atoms with E-state index in [1.165, 1.54) is 22.5 Å². The number of halogens is 1. The Bertz CT molecular complexity index is 1190. The third-order valence-electron chi connectivity index (χ3n) is 5.40. The number of hydrogen-bond donors (Lipinski definition) is 1. The number of sulfonamides is 1. The number of benzene rings is 2.